The minimum absolute atomic E-state index is 0.132. The van der Waals surface area contributed by atoms with Gasteiger partial charge in [-0.25, -0.2) is 8.42 Å². The van der Waals surface area contributed by atoms with E-state index < -0.39 is 22.0 Å². The first-order chi connectivity index (χ1) is 13.6. The number of sulfonamides is 1. The molecule has 5 nitrogen and oxygen atoms in total. The Kier molecular flexibility index (Phi) is 5.78. The van der Waals surface area contributed by atoms with Crippen molar-refractivity contribution in [1.29, 1.82) is 0 Å². The van der Waals surface area contributed by atoms with E-state index in [0.29, 0.717) is 16.8 Å². The molecule has 1 aromatic heterocycles. The number of hydrogen-bond donors (Lipinski definition) is 1. The van der Waals surface area contributed by atoms with E-state index in [1.165, 1.54) is 24.5 Å². The van der Waals surface area contributed by atoms with E-state index in [-0.39, 0.29) is 12.2 Å². The highest BCUT2D eigenvalue weighted by Gasteiger charge is 2.38. The van der Waals surface area contributed by atoms with Gasteiger partial charge in [0.15, 0.2) is 5.75 Å². The number of anilines is 2. The van der Waals surface area contributed by atoms with Crippen LogP contribution in [-0.4, -0.2) is 25.3 Å². The highest BCUT2D eigenvalue weighted by atomic mass is 32.2. The zero-order valence-electron chi connectivity index (χ0n) is 15.2. The molecule has 9 heteroatoms. The van der Waals surface area contributed by atoms with E-state index in [2.05, 4.69) is 4.98 Å². The number of rotatable bonds is 6. The fraction of sp³-hybridized carbons (Fsp3) is 0.150. The Bertz CT molecular complexity index is 1070. The van der Waals surface area contributed by atoms with E-state index in [4.69, 9.17) is 5.73 Å². The molecule has 0 unspecified atom stereocenters. The number of pyridine rings is 1. The van der Waals surface area contributed by atoms with E-state index in [1.54, 1.807) is 48.5 Å². The number of halogens is 3. The van der Waals surface area contributed by atoms with Crippen LogP contribution in [0.5, 0.6) is 0 Å². The second-order valence-electron chi connectivity index (χ2n) is 6.41. The van der Waals surface area contributed by atoms with Crippen molar-refractivity contribution in [2.24, 2.45) is 0 Å². The zero-order chi connectivity index (χ0) is 21.1. The number of aromatic nitrogens is 1. The van der Waals surface area contributed by atoms with Crippen molar-refractivity contribution < 1.29 is 21.6 Å². The monoisotopic (exact) mass is 421 g/mol. The number of nitrogens with two attached hydrogens (primary N) is 1. The molecular formula is C20H18F3N3O2S. The smallest absolute Gasteiger partial charge is 0.399 e. The molecule has 0 fully saturated rings. The maximum atomic E-state index is 12.9. The summed E-state index contributed by atoms with van der Waals surface area (Å²) in [5, 5.41) is 0. The molecule has 0 aliphatic carbocycles. The number of nitrogen functional groups attached to an aromatic ring is 1. The molecule has 1 heterocycles. The van der Waals surface area contributed by atoms with E-state index in [0.717, 1.165) is 9.87 Å². The highest BCUT2D eigenvalue weighted by molar-refractivity contribution is 7.92. The Morgan fingerprint density at radius 3 is 2.31 bits per heavy atom. The van der Waals surface area contributed by atoms with Crippen LogP contribution in [0.4, 0.5) is 24.5 Å². The summed E-state index contributed by atoms with van der Waals surface area (Å²) < 4.78 is 64.7. The SMILES string of the molecule is Nc1ccc(-c2cccc(N(Cc3cccnc3)S(=O)(=O)CC(F)(F)F)c2)cc1. The molecule has 0 saturated carbocycles. The normalized spacial score (nSPS) is 12.0. The number of hydrogen-bond acceptors (Lipinski definition) is 4. The average Bonchev–Trinajstić information content (AvgIpc) is 2.65. The van der Waals surface area contributed by atoms with Gasteiger partial charge in [0.05, 0.1) is 12.2 Å². The number of benzene rings is 2. The van der Waals surface area contributed by atoms with Gasteiger partial charge in [-0.05, 0) is 47.0 Å². The minimum Gasteiger partial charge on any atom is -0.399 e. The van der Waals surface area contributed by atoms with E-state index >= 15 is 0 Å². The predicted molar refractivity (Wildman–Crippen MR) is 107 cm³/mol. The average molecular weight is 421 g/mol. The third-order valence-electron chi connectivity index (χ3n) is 4.11. The summed E-state index contributed by atoms with van der Waals surface area (Å²) in [6, 6.07) is 16.4. The molecule has 0 atom stereocenters. The van der Waals surface area contributed by atoms with Crippen LogP contribution >= 0.6 is 0 Å². The lowest BCUT2D eigenvalue weighted by molar-refractivity contribution is -0.106. The number of nitrogens with zero attached hydrogens (tertiary/aromatic N) is 2. The van der Waals surface area contributed by atoms with Gasteiger partial charge in [-0.3, -0.25) is 9.29 Å². The van der Waals surface area contributed by atoms with Crippen molar-refractivity contribution in [2.45, 2.75) is 12.7 Å². The molecule has 29 heavy (non-hydrogen) atoms. The van der Waals surface area contributed by atoms with Crippen molar-refractivity contribution in [3.05, 3.63) is 78.6 Å². The van der Waals surface area contributed by atoms with Crippen LogP contribution in [0.25, 0.3) is 11.1 Å². The Hall–Kier alpha value is -3.07. The Morgan fingerprint density at radius 2 is 1.69 bits per heavy atom. The lowest BCUT2D eigenvalue weighted by Crippen LogP contribution is -2.37. The molecular weight excluding hydrogens is 403 g/mol. The summed E-state index contributed by atoms with van der Waals surface area (Å²) in [6.07, 6.45) is -1.94. The van der Waals surface area contributed by atoms with Crippen LogP contribution in [-0.2, 0) is 16.6 Å². The van der Waals surface area contributed by atoms with Crippen LogP contribution in [0.3, 0.4) is 0 Å². The van der Waals surface area contributed by atoms with Crippen LogP contribution in [0, 0.1) is 0 Å². The molecule has 0 bridgehead atoms. The lowest BCUT2D eigenvalue weighted by Gasteiger charge is -2.25. The maximum absolute atomic E-state index is 12.9. The van der Waals surface area contributed by atoms with Gasteiger partial charge in [0, 0.05) is 18.1 Å². The Labute approximate surface area is 166 Å². The van der Waals surface area contributed by atoms with Gasteiger partial charge in [0.1, 0.15) is 0 Å². The summed E-state index contributed by atoms with van der Waals surface area (Å²) in [4.78, 5) is 3.91. The molecule has 152 valence electrons. The van der Waals surface area contributed by atoms with Crippen molar-refractivity contribution >= 4 is 21.4 Å². The predicted octanol–water partition coefficient (Wildman–Crippen LogP) is 4.23. The molecule has 0 radical (unpaired) electrons. The zero-order valence-corrected chi connectivity index (χ0v) is 16.0. The molecule has 0 aliphatic rings. The summed E-state index contributed by atoms with van der Waals surface area (Å²) >= 11 is 0. The summed E-state index contributed by atoms with van der Waals surface area (Å²) in [6.45, 7) is -0.266. The second kappa shape index (κ2) is 8.12. The fourth-order valence-corrected chi connectivity index (χ4v) is 4.16. The molecule has 3 aromatic rings. The quantitative estimate of drug-likeness (QED) is 0.605. The fourth-order valence-electron chi connectivity index (χ4n) is 2.81. The molecule has 2 N–H and O–H groups in total. The standard InChI is InChI=1S/C20H18F3N3O2S/c21-20(22,23)14-29(27,28)26(13-15-3-2-10-25-12-15)19-5-1-4-17(11-19)16-6-8-18(24)9-7-16/h1-12H,13-14,24H2. The van der Waals surface area contributed by atoms with Crippen molar-refractivity contribution in [3.63, 3.8) is 0 Å². The molecule has 3 rings (SSSR count). The summed E-state index contributed by atoms with van der Waals surface area (Å²) in [5.41, 5.74) is 8.26. The molecule has 0 spiro atoms. The topological polar surface area (TPSA) is 76.3 Å². The van der Waals surface area contributed by atoms with Gasteiger partial charge in [0.25, 0.3) is 0 Å². The van der Waals surface area contributed by atoms with Crippen LogP contribution < -0.4 is 10.0 Å². The third kappa shape index (κ3) is 5.47. The third-order valence-corrected chi connectivity index (χ3v) is 5.81. The van der Waals surface area contributed by atoms with E-state index in [9.17, 15) is 21.6 Å². The van der Waals surface area contributed by atoms with E-state index in [1.807, 2.05) is 0 Å². The Balaban J connectivity index is 2.04. The minimum atomic E-state index is -4.86. The molecule has 0 aliphatic heterocycles. The molecule has 0 amide bonds. The number of alkyl halides is 3. The van der Waals surface area contributed by atoms with Crippen molar-refractivity contribution in [1.82, 2.24) is 4.98 Å². The van der Waals surface area contributed by atoms with Gasteiger partial charge in [-0.15, -0.1) is 0 Å². The van der Waals surface area contributed by atoms with Gasteiger partial charge in [-0.2, -0.15) is 13.2 Å². The highest BCUT2D eigenvalue weighted by Crippen LogP contribution is 2.30. The van der Waals surface area contributed by atoms with Gasteiger partial charge in [-0.1, -0.05) is 30.3 Å². The Morgan fingerprint density at radius 1 is 0.966 bits per heavy atom. The molecule has 2 aromatic carbocycles. The van der Waals surface area contributed by atoms with Crippen LogP contribution in [0.15, 0.2) is 73.1 Å². The second-order valence-corrected chi connectivity index (χ2v) is 8.30. The first-order valence-electron chi connectivity index (χ1n) is 8.56. The van der Waals surface area contributed by atoms with Gasteiger partial charge in [0.2, 0.25) is 10.0 Å². The van der Waals surface area contributed by atoms with Gasteiger partial charge >= 0.3 is 6.18 Å². The first-order valence-corrected chi connectivity index (χ1v) is 10.2. The first kappa shape index (κ1) is 20.7. The maximum Gasteiger partial charge on any atom is 0.404 e. The summed E-state index contributed by atoms with van der Waals surface area (Å²) in [7, 11) is -4.68. The van der Waals surface area contributed by atoms with Crippen LogP contribution in [0.1, 0.15) is 5.56 Å². The van der Waals surface area contributed by atoms with Crippen molar-refractivity contribution in [2.75, 3.05) is 15.8 Å². The largest absolute Gasteiger partial charge is 0.404 e. The van der Waals surface area contributed by atoms with Crippen molar-refractivity contribution in [3.8, 4) is 11.1 Å². The van der Waals surface area contributed by atoms with Crippen LogP contribution in [0.2, 0.25) is 0 Å². The lowest BCUT2D eigenvalue weighted by atomic mass is 10.0. The molecule has 0 saturated heterocycles. The summed E-state index contributed by atoms with van der Waals surface area (Å²) in [5.74, 6) is -1.95. The van der Waals surface area contributed by atoms with Gasteiger partial charge < -0.3 is 5.73 Å².